The quantitative estimate of drug-likeness (QED) is 0.772. The van der Waals surface area contributed by atoms with Crippen LogP contribution in [-0.2, 0) is 14.3 Å². The third-order valence-electron chi connectivity index (χ3n) is 2.85. The number of fused-ring (bicyclic) bond motifs is 1. The number of carbonyl (C=O) groups excluding carboxylic acids is 2. The zero-order valence-electron chi connectivity index (χ0n) is 10.5. The Hall–Kier alpha value is -2.11. The SMILES string of the molecule is COC(=O)C[C@H]1Oc2ccccc2N(CCF)C1=O. The van der Waals surface area contributed by atoms with Crippen LogP contribution in [0.5, 0.6) is 5.75 Å². The summed E-state index contributed by atoms with van der Waals surface area (Å²) in [5.41, 5.74) is 0.520. The van der Waals surface area contributed by atoms with Gasteiger partial charge in [-0.15, -0.1) is 0 Å². The zero-order valence-corrected chi connectivity index (χ0v) is 10.5. The van der Waals surface area contributed by atoms with E-state index in [-0.39, 0.29) is 13.0 Å². The normalized spacial score (nSPS) is 17.7. The first kappa shape index (κ1) is 13.3. The van der Waals surface area contributed by atoms with Crippen LogP contribution in [0.1, 0.15) is 6.42 Å². The number of benzene rings is 1. The number of nitrogens with zero attached hydrogens (tertiary/aromatic N) is 1. The Morgan fingerprint density at radius 2 is 2.21 bits per heavy atom. The number of amides is 1. The molecule has 1 heterocycles. The number of halogens is 1. The first-order valence-corrected chi connectivity index (χ1v) is 5.87. The van der Waals surface area contributed by atoms with Crippen LogP contribution in [0.4, 0.5) is 10.1 Å². The number of carbonyl (C=O) groups is 2. The van der Waals surface area contributed by atoms with Crippen LogP contribution in [0, 0.1) is 0 Å². The molecule has 6 heteroatoms. The topological polar surface area (TPSA) is 55.8 Å². The molecule has 0 fully saturated rings. The summed E-state index contributed by atoms with van der Waals surface area (Å²) in [4.78, 5) is 24.7. The van der Waals surface area contributed by atoms with Crippen molar-refractivity contribution < 1.29 is 23.5 Å². The fourth-order valence-corrected chi connectivity index (χ4v) is 1.95. The van der Waals surface area contributed by atoms with Crippen molar-refractivity contribution in [3.63, 3.8) is 0 Å². The molecule has 5 nitrogen and oxygen atoms in total. The van der Waals surface area contributed by atoms with Gasteiger partial charge in [-0.3, -0.25) is 9.59 Å². The molecule has 19 heavy (non-hydrogen) atoms. The van der Waals surface area contributed by atoms with Crippen molar-refractivity contribution in [2.75, 3.05) is 25.2 Å². The van der Waals surface area contributed by atoms with Crippen LogP contribution < -0.4 is 9.64 Å². The molecule has 1 aliphatic rings. The Bertz CT molecular complexity index is 491. The van der Waals surface area contributed by atoms with Gasteiger partial charge in [0.05, 0.1) is 25.8 Å². The summed E-state index contributed by atoms with van der Waals surface area (Å²) < 4.78 is 22.6. The molecule has 1 aromatic carbocycles. The second-order valence-corrected chi connectivity index (χ2v) is 4.03. The molecule has 0 bridgehead atoms. The standard InChI is InChI=1S/C13H14FNO4/c1-18-12(16)8-11-13(17)15(7-6-14)9-4-2-3-5-10(9)19-11/h2-5,11H,6-8H2,1H3/t11-/m1/s1. The number of esters is 1. The fraction of sp³-hybridized carbons (Fsp3) is 0.385. The molecule has 0 unspecified atom stereocenters. The largest absolute Gasteiger partial charge is 0.478 e. The van der Waals surface area contributed by atoms with Gasteiger partial charge < -0.3 is 14.4 Å². The monoisotopic (exact) mass is 267 g/mol. The van der Waals surface area contributed by atoms with Gasteiger partial charge >= 0.3 is 5.97 Å². The van der Waals surface area contributed by atoms with E-state index in [9.17, 15) is 14.0 Å². The van der Waals surface area contributed by atoms with Crippen molar-refractivity contribution in [3.8, 4) is 5.75 Å². The fourth-order valence-electron chi connectivity index (χ4n) is 1.95. The van der Waals surface area contributed by atoms with Gasteiger partial charge in [0.15, 0.2) is 6.10 Å². The molecule has 0 aromatic heterocycles. The molecule has 0 saturated carbocycles. The summed E-state index contributed by atoms with van der Waals surface area (Å²) >= 11 is 0. The highest BCUT2D eigenvalue weighted by atomic mass is 19.1. The molecule has 2 rings (SSSR count). The van der Waals surface area contributed by atoms with Crippen LogP contribution in [-0.4, -0.2) is 38.3 Å². The minimum absolute atomic E-state index is 0.0587. The molecule has 1 aliphatic heterocycles. The number of hydrogen-bond acceptors (Lipinski definition) is 4. The van der Waals surface area contributed by atoms with Crippen molar-refractivity contribution >= 4 is 17.6 Å². The molecular formula is C13H14FNO4. The molecule has 1 atom stereocenters. The molecular weight excluding hydrogens is 253 g/mol. The highest BCUT2D eigenvalue weighted by Gasteiger charge is 2.35. The lowest BCUT2D eigenvalue weighted by Gasteiger charge is -2.33. The number of rotatable bonds is 4. The van der Waals surface area contributed by atoms with Gasteiger partial charge in [-0.05, 0) is 12.1 Å². The third-order valence-corrected chi connectivity index (χ3v) is 2.85. The van der Waals surface area contributed by atoms with E-state index >= 15 is 0 Å². The molecule has 102 valence electrons. The minimum Gasteiger partial charge on any atom is -0.478 e. The number of para-hydroxylation sites is 2. The van der Waals surface area contributed by atoms with Crippen molar-refractivity contribution in [1.29, 1.82) is 0 Å². The minimum atomic E-state index is -0.964. The molecule has 0 N–H and O–H groups in total. The van der Waals surface area contributed by atoms with E-state index in [2.05, 4.69) is 4.74 Å². The van der Waals surface area contributed by atoms with E-state index in [4.69, 9.17) is 4.74 Å². The third kappa shape index (κ3) is 2.67. The predicted molar refractivity (Wildman–Crippen MR) is 65.8 cm³/mol. The summed E-state index contributed by atoms with van der Waals surface area (Å²) in [5.74, 6) is -0.510. The molecule has 1 aromatic rings. The lowest BCUT2D eigenvalue weighted by molar-refractivity contribution is -0.145. The second kappa shape index (κ2) is 5.69. The predicted octanol–water partition coefficient (Wildman–Crippen LogP) is 1.31. The summed E-state index contributed by atoms with van der Waals surface area (Å²) in [6.45, 7) is -0.720. The maximum Gasteiger partial charge on any atom is 0.309 e. The van der Waals surface area contributed by atoms with Gasteiger partial charge in [0.25, 0.3) is 5.91 Å². The van der Waals surface area contributed by atoms with Crippen LogP contribution in [0.15, 0.2) is 24.3 Å². The Kier molecular flexibility index (Phi) is 3.99. The van der Waals surface area contributed by atoms with Gasteiger partial charge in [-0.2, -0.15) is 0 Å². The Labute approximate surface area is 109 Å². The lowest BCUT2D eigenvalue weighted by atomic mass is 10.1. The van der Waals surface area contributed by atoms with Gasteiger partial charge in [0, 0.05) is 0 Å². The number of alkyl halides is 1. The second-order valence-electron chi connectivity index (χ2n) is 4.03. The Morgan fingerprint density at radius 1 is 1.47 bits per heavy atom. The molecule has 0 aliphatic carbocycles. The van der Waals surface area contributed by atoms with Crippen LogP contribution in [0.3, 0.4) is 0 Å². The maximum absolute atomic E-state index is 12.6. The number of hydrogen-bond donors (Lipinski definition) is 0. The molecule has 0 radical (unpaired) electrons. The van der Waals surface area contributed by atoms with Gasteiger partial charge in [-0.1, -0.05) is 12.1 Å². The van der Waals surface area contributed by atoms with Gasteiger partial charge in [-0.25, -0.2) is 4.39 Å². The van der Waals surface area contributed by atoms with Crippen LogP contribution in [0.25, 0.3) is 0 Å². The van der Waals surface area contributed by atoms with Crippen LogP contribution >= 0.6 is 0 Å². The van der Waals surface area contributed by atoms with E-state index < -0.39 is 24.7 Å². The van der Waals surface area contributed by atoms with Crippen molar-refractivity contribution in [1.82, 2.24) is 0 Å². The first-order chi connectivity index (χ1) is 9.17. The smallest absolute Gasteiger partial charge is 0.309 e. The molecule has 0 spiro atoms. The Balaban J connectivity index is 2.28. The van der Waals surface area contributed by atoms with Crippen molar-refractivity contribution in [2.24, 2.45) is 0 Å². The highest BCUT2D eigenvalue weighted by molar-refractivity contribution is 6.01. The average Bonchev–Trinajstić information content (AvgIpc) is 2.43. The molecule has 1 amide bonds. The number of methoxy groups -OCH3 is 1. The van der Waals surface area contributed by atoms with E-state index in [1.807, 2.05) is 0 Å². The molecule has 0 saturated heterocycles. The van der Waals surface area contributed by atoms with Crippen molar-refractivity contribution in [2.45, 2.75) is 12.5 Å². The number of anilines is 1. The van der Waals surface area contributed by atoms with Gasteiger partial charge in [0.1, 0.15) is 12.4 Å². The van der Waals surface area contributed by atoms with E-state index in [1.165, 1.54) is 12.0 Å². The first-order valence-electron chi connectivity index (χ1n) is 5.87. The van der Waals surface area contributed by atoms with Crippen molar-refractivity contribution in [3.05, 3.63) is 24.3 Å². The summed E-state index contributed by atoms with van der Waals surface area (Å²) in [6.07, 6.45) is -1.15. The maximum atomic E-state index is 12.6. The summed E-state index contributed by atoms with van der Waals surface area (Å²) in [5, 5.41) is 0. The van der Waals surface area contributed by atoms with E-state index in [0.29, 0.717) is 11.4 Å². The summed E-state index contributed by atoms with van der Waals surface area (Å²) in [7, 11) is 1.24. The number of ether oxygens (including phenoxy) is 2. The lowest BCUT2D eigenvalue weighted by Crippen LogP contribution is -2.47. The highest BCUT2D eigenvalue weighted by Crippen LogP contribution is 2.34. The van der Waals surface area contributed by atoms with Crippen LogP contribution in [0.2, 0.25) is 0 Å². The zero-order chi connectivity index (χ0) is 13.8. The Morgan fingerprint density at radius 3 is 2.89 bits per heavy atom. The van der Waals surface area contributed by atoms with Gasteiger partial charge in [0.2, 0.25) is 0 Å². The summed E-state index contributed by atoms with van der Waals surface area (Å²) in [6, 6.07) is 6.84. The van der Waals surface area contributed by atoms with E-state index in [1.54, 1.807) is 24.3 Å². The van der Waals surface area contributed by atoms with E-state index in [0.717, 1.165) is 0 Å². The average molecular weight is 267 g/mol.